The lowest BCUT2D eigenvalue weighted by Crippen LogP contribution is -2.44. The third-order valence-electron chi connectivity index (χ3n) is 6.75. The molecular formula is C35H49I4N3O9. The number of halogens is 4. The summed E-state index contributed by atoms with van der Waals surface area (Å²) in [6.07, 6.45) is 0.775. The highest BCUT2D eigenvalue weighted by Crippen LogP contribution is 2.37. The molecule has 3 atom stereocenters. The Morgan fingerprint density at radius 3 is 1.98 bits per heavy atom. The van der Waals surface area contributed by atoms with Gasteiger partial charge in [0.1, 0.15) is 41.9 Å². The topological polar surface area (TPSA) is 165 Å². The van der Waals surface area contributed by atoms with Crippen LogP contribution in [0.5, 0.6) is 17.2 Å². The van der Waals surface area contributed by atoms with E-state index in [4.69, 9.17) is 18.9 Å². The number of rotatable bonds is 20. The molecule has 3 unspecified atom stereocenters. The van der Waals surface area contributed by atoms with E-state index >= 15 is 0 Å². The Bertz CT molecular complexity index is 1420. The smallest absolute Gasteiger partial charge is 0.408 e. The molecule has 0 aromatic heterocycles. The van der Waals surface area contributed by atoms with Crippen molar-refractivity contribution < 1.29 is 43.5 Å². The number of unbranched alkanes of at least 4 members (excludes halogenated alkanes) is 1. The second-order valence-corrected chi connectivity index (χ2v) is 18.1. The van der Waals surface area contributed by atoms with E-state index in [0.717, 1.165) is 32.7 Å². The molecule has 0 saturated carbocycles. The zero-order valence-electron chi connectivity index (χ0n) is 29.9. The molecule has 12 nitrogen and oxygen atoms in total. The van der Waals surface area contributed by atoms with Crippen molar-refractivity contribution in [1.82, 2.24) is 16.0 Å². The molecule has 5 N–H and O–H groups in total. The lowest BCUT2D eigenvalue weighted by Gasteiger charge is -2.22. The van der Waals surface area contributed by atoms with Crippen molar-refractivity contribution in [3.05, 3.63) is 44.1 Å². The van der Waals surface area contributed by atoms with Crippen LogP contribution in [0.15, 0.2) is 24.3 Å². The Morgan fingerprint density at radius 2 is 1.45 bits per heavy atom. The second-order valence-electron chi connectivity index (χ2n) is 13.5. The van der Waals surface area contributed by atoms with E-state index in [-0.39, 0.29) is 37.2 Å². The summed E-state index contributed by atoms with van der Waals surface area (Å²) in [7, 11) is 0. The van der Waals surface area contributed by atoms with Crippen LogP contribution in [0.25, 0.3) is 0 Å². The monoisotopic (exact) mass is 1160 g/mol. The molecule has 0 heterocycles. The molecule has 286 valence electrons. The number of benzene rings is 2. The molecule has 0 spiro atoms. The minimum Gasteiger partial charge on any atom is -0.489 e. The van der Waals surface area contributed by atoms with Crippen LogP contribution in [0.1, 0.15) is 73.3 Å². The van der Waals surface area contributed by atoms with E-state index in [9.17, 15) is 24.6 Å². The molecule has 0 saturated heterocycles. The first kappa shape index (κ1) is 46.2. The Kier molecular flexibility index (Phi) is 20.3. The zero-order valence-corrected chi connectivity index (χ0v) is 38.5. The van der Waals surface area contributed by atoms with E-state index in [0.29, 0.717) is 36.8 Å². The molecule has 0 fully saturated rings. The van der Waals surface area contributed by atoms with E-state index in [2.05, 4.69) is 106 Å². The van der Waals surface area contributed by atoms with Crippen molar-refractivity contribution in [2.45, 2.75) is 110 Å². The quantitative estimate of drug-likeness (QED) is 0.0516. The number of aliphatic hydroxyl groups excluding tert-OH is 1. The minimum atomic E-state index is -1.17. The van der Waals surface area contributed by atoms with Crippen molar-refractivity contribution in [2.75, 3.05) is 19.7 Å². The van der Waals surface area contributed by atoms with Gasteiger partial charge in [-0.3, -0.25) is 4.79 Å². The van der Waals surface area contributed by atoms with Gasteiger partial charge in [-0.25, -0.2) is 9.59 Å². The fourth-order valence-electron chi connectivity index (χ4n) is 4.66. The molecule has 51 heavy (non-hydrogen) atoms. The number of esters is 1. The summed E-state index contributed by atoms with van der Waals surface area (Å²) in [6.45, 7) is 14.0. The lowest BCUT2D eigenvalue weighted by molar-refractivity contribution is -0.150. The molecule has 16 heteroatoms. The third-order valence-corrected chi connectivity index (χ3v) is 9.95. The molecule has 2 aromatic carbocycles. The van der Waals surface area contributed by atoms with Gasteiger partial charge in [0.2, 0.25) is 0 Å². The van der Waals surface area contributed by atoms with Gasteiger partial charge in [-0.1, -0.05) is 20.3 Å². The Morgan fingerprint density at radius 1 is 0.863 bits per heavy atom. The predicted octanol–water partition coefficient (Wildman–Crippen LogP) is 7.24. The highest BCUT2D eigenvalue weighted by atomic mass is 127. The Balaban J connectivity index is 1.91. The molecule has 1 amide bonds. The number of aliphatic hydroxyl groups is 1. The van der Waals surface area contributed by atoms with Crippen LogP contribution < -0.4 is 25.4 Å². The maximum Gasteiger partial charge on any atom is 0.408 e. The molecule has 0 aliphatic heterocycles. The van der Waals surface area contributed by atoms with E-state index in [1.54, 1.807) is 20.8 Å². The fraction of sp³-hybridized carbons (Fsp3) is 0.571. The number of amides is 1. The van der Waals surface area contributed by atoms with Gasteiger partial charge in [0, 0.05) is 19.0 Å². The van der Waals surface area contributed by atoms with Gasteiger partial charge in [-0.15, -0.1) is 0 Å². The van der Waals surface area contributed by atoms with Crippen molar-refractivity contribution >= 4 is 108 Å². The van der Waals surface area contributed by atoms with Crippen LogP contribution in [0, 0.1) is 14.3 Å². The minimum absolute atomic E-state index is 0.0667. The molecule has 2 aromatic rings. The van der Waals surface area contributed by atoms with E-state index in [1.807, 2.05) is 52.0 Å². The Hall–Kier alpha value is -0.950. The summed E-state index contributed by atoms with van der Waals surface area (Å²) in [5, 5.41) is 29.2. The summed E-state index contributed by atoms with van der Waals surface area (Å²) in [6, 6.07) is 6.05. The van der Waals surface area contributed by atoms with Gasteiger partial charge < -0.3 is 45.1 Å². The van der Waals surface area contributed by atoms with Crippen LogP contribution in [-0.2, 0) is 25.5 Å². The van der Waals surface area contributed by atoms with Crippen molar-refractivity contribution in [3.63, 3.8) is 0 Å². The Labute approximate surface area is 355 Å². The van der Waals surface area contributed by atoms with Crippen molar-refractivity contribution in [1.29, 1.82) is 0 Å². The molecule has 0 radical (unpaired) electrons. The lowest BCUT2D eigenvalue weighted by atomic mass is 10.1. The van der Waals surface area contributed by atoms with Gasteiger partial charge in [0.05, 0.1) is 20.4 Å². The maximum absolute atomic E-state index is 12.4. The summed E-state index contributed by atoms with van der Waals surface area (Å²) in [5.74, 6) is 0.484. The number of carbonyl (C=O) groups is 3. The number of ether oxygens (including phenoxy) is 4. The summed E-state index contributed by atoms with van der Waals surface area (Å²) >= 11 is 8.65. The zero-order chi connectivity index (χ0) is 38.5. The maximum atomic E-state index is 12.4. The number of hydrogen-bond acceptors (Lipinski definition) is 10. The van der Waals surface area contributed by atoms with Crippen LogP contribution >= 0.6 is 90.4 Å². The largest absolute Gasteiger partial charge is 0.489 e. The molecule has 0 aliphatic rings. The van der Waals surface area contributed by atoms with Gasteiger partial charge in [0.15, 0.2) is 5.75 Å². The van der Waals surface area contributed by atoms with Gasteiger partial charge >= 0.3 is 18.0 Å². The normalized spacial score (nSPS) is 13.5. The predicted molar refractivity (Wildman–Crippen MR) is 230 cm³/mol. The number of carboxylic acid groups (broad SMARTS) is 1. The highest BCUT2D eigenvalue weighted by molar-refractivity contribution is 14.1. The summed E-state index contributed by atoms with van der Waals surface area (Å²) in [5.41, 5.74) is -0.0300. The standard InChI is InChI=1S/C35H49I4N3O9/c1-19(2)41-28(33(46)49-20(3)4)10-8-9-11-40-17-22(43)18-48-30-26(38)15-23(16-27(30)39)50-31-24(36)12-21(13-25(31)37)14-29(32(44)45)42-34(47)51-35(5,6)7/h12-13,15-16,19-20,22,28-29,40-41,43H,8-11,14,17-18H2,1-7H3,(H,42,47)(H,44,45). The molecule has 2 rings (SSSR count). The number of nitrogens with one attached hydrogen (secondary N) is 3. The molecule has 0 aliphatic carbocycles. The average molecular weight is 1160 g/mol. The first-order valence-electron chi connectivity index (χ1n) is 16.6. The summed E-state index contributed by atoms with van der Waals surface area (Å²) in [4.78, 5) is 36.5. The van der Waals surface area contributed by atoms with E-state index in [1.165, 1.54) is 0 Å². The van der Waals surface area contributed by atoms with Gasteiger partial charge in [0.25, 0.3) is 0 Å². The van der Waals surface area contributed by atoms with Gasteiger partial charge in [-0.05, 0) is 174 Å². The number of hydrogen-bond donors (Lipinski definition) is 5. The summed E-state index contributed by atoms with van der Waals surface area (Å²) < 4.78 is 26.1. The van der Waals surface area contributed by atoms with Crippen molar-refractivity contribution in [3.8, 4) is 17.2 Å². The highest BCUT2D eigenvalue weighted by Gasteiger charge is 2.26. The van der Waals surface area contributed by atoms with Crippen LogP contribution in [-0.4, -0.2) is 83.9 Å². The second kappa shape index (κ2) is 22.4. The van der Waals surface area contributed by atoms with Crippen molar-refractivity contribution in [2.24, 2.45) is 0 Å². The SMILES string of the molecule is CC(C)NC(CCCCNCC(O)COc1c(I)cc(Oc2c(I)cc(CC(NC(=O)OC(C)(C)C)C(=O)O)cc2I)cc1I)C(=O)OC(C)C. The van der Waals surface area contributed by atoms with Gasteiger partial charge in [-0.2, -0.15) is 0 Å². The number of carboxylic acids is 1. The third kappa shape index (κ3) is 17.8. The number of aliphatic carboxylic acids is 1. The van der Waals surface area contributed by atoms with Crippen LogP contribution in [0.4, 0.5) is 4.79 Å². The van der Waals surface area contributed by atoms with Crippen LogP contribution in [0.2, 0.25) is 0 Å². The van der Waals surface area contributed by atoms with E-state index < -0.39 is 29.8 Å². The number of alkyl carbamates (subject to hydrolysis) is 1. The first-order chi connectivity index (χ1) is 23.7. The van der Waals surface area contributed by atoms with Crippen LogP contribution in [0.3, 0.4) is 0 Å². The fourth-order valence-corrected chi connectivity index (χ4v) is 8.80. The first-order valence-corrected chi connectivity index (χ1v) is 20.9. The molecule has 0 bridgehead atoms. The molecular weight excluding hydrogens is 1110 g/mol. The average Bonchev–Trinajstić information content (AvgIpc) is 2.97. The number of carbonyl (C=O) groups excluding carboxylic acids is 2.